The first kappa shape index (κ1) is 15.1. The highest BCUT2D eigenvalue weighted by atomic mass is 19.4. The number of anilines is 3. The third kappa shape index (κ3) is 3.42. The fourth-order valence-electron chi connectivity index (χ4n) is 1.83. The molecule has 2 aromatic rings. The van der Waals surface area contributed by atoms with E-state index in [0.29, 0.717) is 0 Å². The van der Waals surface area contributed by atoms with Gasteiger partial charge in [0.05, 0.1) is 0 Å². The van der Waals surface area contributed by atoms with E-state index in [1.807, 2.05) is 25.1 Å². The minimum Gasteiger partial charge on any atom is -0.357 e. The Labute approximate surface area is 120 Å². The lowest BCUT2D eigenvalue weighted by Crippen LogP contribution is -2.17. The van der Waals surface area contributed by atoms with Gasteiger partial charge in [-0.2, -0.15) is 18.2 Å². The number of nitrogens with zero attached hydrogens (tertiary/aromatic N) is 3. The van der Waals surface area contributed by atoms with Gasteiger partial charge in [0, 0.05) is 25.8 Å². The molecule has 0 radical (unpaired) electrons. The number of aromatic nitrogens is 2. The second-order valence-corrected chi connectivity index (χ2v) is 4.58. The number of hydrogen-bond acceptors (Lipinski definition) is 4. The van der Waals surface area contributed by atoms with Crippen molar-refractivity contribution in [2.24, 2.45) is 0 Å². The standard InChI is InChI=1S/C14H15F3N4/c1-9-5-4-6-10(7-9)21(3)12-8-11(14(15,16)17)19-13(18-2)20-12/h4-8H,1-3H3,(H,18,19,20). The number of nitrogens with one attached hydrogen (secondary N) is 1. The highest BCUT2D eigenvalue weighted by molar-refractivity contribution is 5.61. The van der Waals surface area contributed by atoms with Crippen molar-refractivity contribution in [2.45, 2.75) is 13.1 Å². The van der Waals surface area contributed by atoms with Gasteiger partial charge in [-0.3, -0.25) is 0 Å². The van der Waals surface area contributed by atoms with Crippen LogP contribution in [0.25, 0.3) is 0 Å². The Hall–Kier alpha value is -2.31. The molecule has 21 heavy (non-hydrogen) atoms. The Kier molecular flexibility index (Phi) is 4.02. The molecule has 1 aromatic heterocycles. The van der Waals surface area contributed by atoms with Gasteiger partial charge in [-0.1, -0.05) is 12.1 Å². The predicted octanol–water partition coefficient (Wildman–Crippen LogP) is 3.61. The van der Waals surface area contributed by atoms with Crippen LogP contribution in [0.4, 0.5) is 30.6 Å². The third-order valence-electron chi connectivity index (χ3n) is 2.96. The quantitative estimate of drug-likeness (QED) is 0.939. The molecule has 0 fully saturated rings. The van der Waals surface area contributed by atoms with Crippen molar-refractivity contribution < 1.29 is 13.2 Å². The topological polar surface area (TPSA) is 41.1 Å². The average Bonchev–Trinajstić information content (AvgIpc) is 2.45. The second kappa shape index (κ2) is 5.59. The van der Waals surface area contributed by atoms with Gasteiger partial charge < -0.3 is 10.2 Å². The van der Waals surface area contributed by atoms with E-state index in [0.717, 1.165) is 17.3 Å². The summed E-state index contributed by atoms with van der Waals surface area (Å²) >= 11 is 0. The van der Waals surface area contributed by atoms with E-state index in [1.165, 1.54) is 7.05 Å². The van der Waals surface area contributed by atoms with E-state index < -0.39 is 11.9 Å². The molecule has 0 saturated carbocycles. The molecule has 0 amide bonds. The highest BCUT2D eigenvalue weighted by Crippen LogP contribution is 2.32. The Morgan fingerprint density at radius 1 is 1.14 bits per heavy atom. The molecule has 0 aliphatic heterocycles. The maximum absolute atomic E-state index is 12.9. The second-order valence-electron chi connectivity index (χ2n) is 4.58. The summed E-state index contributed by atoms with van der Waals surface area (Å²) < 4.78 is 38.6. The van der Waals surface area contributed by atoms with E-state index in [-0.39, 0.29) is 11.8 Å². The molecule has 0 atom stereocenters. The molecule has 2 rings (SSSR count). The monoisotopic (exact) mass is 296 g/mol. The SMILES string of the molecule is CNc1nc(N(C)c2cccc(C)c2)cc(C(F)(F)F)n1. The third-order valence-corrected chi connectivity index (χ3v) is 2.96. The molecule has 1 aromatic carbocycles. The van der Waals surface area contributed by atoms with E-state index in [2.05, 4.69) is 15.3 Å². The number of rotatable bonds is 3. The average molecular weight is 296 g/mol. The van der Waals surface area contributed by atoms with E-state index in [4.69, 9.17) is 0 Å². The van der Waals surface area contributed by atoms with Crippen molar-refractivity contribution in [1.29, 1.82) is 0 Å². The lowest BCUT2D eigenvalue weighted by Gasteiger charge is -2.20. The maximum Gasteiger partial charge on any atom is 0.433 e. The summed E-state index contributed by atoms with van der Waals surface area (Å²) in [7, 11) is 3.14. The van der Waals surface area contributed by atoms with Crippen LogP contribution >= 0.6 is 0 Å². The summed E-state index contributed by atoms with van der Waals surface area (Å²) in [5, 5.41) is 2.55. The van der Waals surface area contributed by atoms with Gasteiger partial charge in [-0.25, -0.2) is 4.98 Å². The molecule has 7 heteroatoms. The molecule has 0 saturated heterocycles. The van der Waals surface area contributed by atoms with Crippen molar-refractivity contribution >= 4 is 17.5 Å². The van der Waals surface area contributed by atoms with Crippen molar-refractivity contribution in [3.63, 3.8) is 0 Å². The summed E-state index contributed by atoms with van der Waals surface area (Å²) in [6.07, 6.45) is -4.52. The molecule has 112 valence electrons. The van der Waals surface area contributed by atoms with Crippen LogP contribution in [0.2, 0.25) is 0 Å². The Bertz CT molecular complexity index is 640. The number of benzene rings is 1. The molecule has 0 unspecified atom stereocenters. The van der Waals surface area contributed by atoms with Crippen molar-refractivity contribution in [3.8, 4) is 0 Å². The van der Waals surface area contributed by atoms with E-state index >= 15 is 0 Å². The fourth-order valence-corrected chi connectivity index (χ4v) is 1.83. The van der Waals surface area contributed by atoms with E-state index in [1.54, 1.807) is 18.0 Å². The molecule has 4 nitrogen and oxygen atoms in total. The maximum atomic E-state index is 12.9. The van der Waals surface area contributed by atoms with Gasteiger partial charge in [0.1, 0.15) is 5.82 Å². The number of alkyl halides is 3. The molecule has 0 spiro atoms. The first-order valence-electron chi connectivity index (χ1n) is 6.25. The van der Waals surface area contributed by atoms with Gasteiger partial charge in [-0.15, -0.1) is 0 Å². The molecule has 1 N–H and O–H groups in total. The first-order chi connectivity index (χ1) is 9.81. The minimum absolute atomic E-state index is 0.0701. The molecular weight excluding hydrogens is 281 g/mol. The summed E-state index contributed by atoms with van der Waals surface area (Å²) in [5.74, 6) is 0.103. The summed E-state index contributed by atoms with van der Waals surface area (Å²) in [6, 6.07) is 8.36. The lowest BCUT2D eigenvalue weighted by atomic mass is 10.2. The highest BCUT2D eigenvalue weighted by Gasteiger charge is 2.34. The smallest absolute Gasteiger partial charge is 0.357 e. The first-order valence-corrected chi connectivity index (χ1v) is 6.25. The lowest BCUT2D eigenvalue weighted by molar-refractivity contribution is -0.141. The number of aryl methyl sites for hydroxylation is 1. The Morgan fingerprint density at radius 3 is 2.43 bits per heavy atom. The molecule has 1 heterocycles. The van der Waals surface area contributed by atoms with Gasteiger partial charge in [0.2, 0.25) is 5.95 Å². The fraction of sp³-hybridized carbons (Fsp3) is 0.286. The van der Waals surface area contributed by atoms with Crippen LogP contribution in [-0.4, -0.2) is 24.1 Å². The van der Waals surface area contributed by atoms with Crippen LogP contribution in [0.1, 0.15) is 11.3 Å². The molecule has 0 bridgehead atoms. The van der Waals surface area contributed by atoms with Gasteiger partial charge in [-0.05, 0) is 24.6 Å². The van der Waals surface area contributed by atoms with Gasteiger partial charge in [0.15, 0.2) is 5.69 Å². The normalized spacial score (nSPS) is 11.3. The van der Waals surface area contributed by atoms with Crippen molar-refractivity contribution in [1.82, 2.24) is 9.97 Å². The molecular formula is C14H15F3N4. The minimum atomic E-state index is -4.52. The summed E-state index contributed by atoms with van der Waals surface area (Å²) in [4.78, 5) is 9.11. The summed E-state index contributed by atoms with van der Waals surface area (Å²) in [6.45, 7) is 1.91. The van der Waals surface area contributed by atoms with Crippen molar-refractivity contribution in [2.75, 3.05) is 24.3 Å². The molecule has 0 aliphatic rings. The zero-order valence-corrected chi connectivity index (χ0v) is 11.9. The van der Waals surface area contributed by atoms with Gasteiger partial charge in [0.25, 0.3) is 0 Å². The summed E-state index contributed by atoms with van der Waals surface area (Å²) in [5.41, 5.74) is 0.790. The van der Waals surface area contributed by atoms with Crippen LogP contribution in [0, 0.1) is 6.92 Å². The van der Waals surface area contributed by atoms with Crippen LogP contribution in [-0.2, 0) is 6.18 Å². The van der Waals surface area contributed by atoms with E-state index in [9.17, 15) is 13.2 Å². The van der Waals surface area contributed by atoms with Gasteiger partial charge >= 0.3 is 6.18 Å². The van der Waals surface area contributed by atoms with Crippen LogP contribution in [0.15, 0.2) is 30.3 Å². The Balaban J connectivity index is 2.47. The number of hydrogen-bond donors (Lipinski definition) is 1. The molecule has 0 aliphatic carbocycles. The Morgan fingerprint density at radius 2 is 1.86 bits per heavy atom. The van der Waals surface area contributed by atoms with Crippen LogP contribution in [0.3, 0.4) is 0 Å². The largest absolute Gasteiger partial charge is 0.433 e. The zero-order valence-electron chi connectivity index (χ0n) is 11.9. The zero-order chi connectivity index (χ0) is 15.6. The number of halogens is 3. The van der Waals surface area contributed by atoms with Crippen molar-refractivity contribution in [3.05, 3.63) is 41.6 Å². The predicted molar refractivity (Wildman–Crippen MR) is 75.8 cm³/mol. The van der Waals surface area contributed by atoms with Crippen LogP contribution in [0.5, 0.6) is 0 Å². The van der Waals surface area contributed by atoms with Crippen LogP contribution < -0.4 is 10.2 Å².